The second-order valence-electron chi connectivity index (χ2n) is 4.64. The van der Waals surface area contributed by atoms with Gasteiger partial charge in [0.25, 0.3) is 0 Å². The lowest BCUT2D eigenvalue weighted by Crippen LogP contribution is -2.29. The number of rotatable bonds is 6. The minimum Gasteiger partial charge on any atom is -0.494 e. The van der Waals surface area contributed by atoms with E-state index in [0.29, 0.717) is 19.6 Å². The Hall–Kier alpha value is -1.55. The van der Waals surface area contributed by atoms with Gasteiger partial charge in [-0.05, 0) is 51.1 Å². The molecule has 0 saturated heterocycles. The smallest absolute Gasteiger partial charge is 0.228 e. The highest BCUT2D eigenvalue weighted by atomic mass is 16.5. The van der Waals surface area contributed by atoms with Crippen molar-refractivity contribution in [1.82, 2.24) is 5.32 Å². The topological polar surface area (TPSA) is 41.6 Å². The standard InChI is InChI=1S/C15H24N2O2/c1-6-19-14-10-11(2)13(9-12(14)3)17(5)15(18)7-8-16-4/h9-10,16H,6-8H2,1-5H3. The lowest BCUT2D eigenvalue weighted by atomic mass is 10.1. The molecule has 1 aromatic carbocycles. The van der Waals surface area contributed by atoms with Gasteiger partial charge in [0.1, 0.15) is 5.75 Å². The van der Waals surface area contributed by atoms with E-state index in [4.69, 9.17) is 4.74 Å². The van der Waals surface area contributed by atoms with E-state index in [1.807, 2.05) is 47.0 Å². The molecule has 1 N–H and O–H groups in total. The predicted molar refractivity (Wildman–Crippen MR) is 79.0 cm³/mol. The van der Waals surface area contributed by atoms with Crippen LogP contribution >= 0.6 is 0 Å². The summed E-state index contributed by atoms with van der Waals surface area (Å²) in [5, 5.41) is 2.99. The molecule has 0 heterocycles. The number of aryl methyl sites for hydroxylation is 2. The van der Waals surface area contributed by atoms with Gasteiger partial charge >= 0.3 is 0 Å². The highest BCUT2D eigenvalue weighted by molar-refractivity contribution is 5.93. The maximum absolute atomic E-state index is 12.0. The summed E-state index contributed by atoms with van der Waals surface area (Å²) in [7, 11) is 3.67. The third-order valence-corrected chi connectivity index (χ3v) is 3.12. The van der Waals surface area contributed by atoms with Gasteiger partial charge in [0.15, 0.2) is 0 Å². The second kappa shape index (κ2) is 7.14. The van der Waals surface area contributed by atoms with Gasteiger partial charge in [0, 0.05) is 25.7 Å². The molecule has 106 valence electrons. The predicted octanol–water partition coefficient (Wildman–Crippen LogP) is 2.27. The molecule has 1 rings (SSSR count). The van der Waals surface area contributed by atoms with Crippen molar-refractivity contribution >= 4 is 11.6 Å². The average molecular weight is 264 g/mol. The van der Waals surface area contributed by atoms with E-state index < -0.39 is 0 Å². The van der Waals surface area contributed by atoms with Gasteiger partial charge in [-0.3, -0.25) is 4.79 Å². The molecule has 0 saturated carbocycles. The van der Waals surface area contributed by atoms with Crippen LogP contribution in [-0.2, 0) is 4.79 Å². The van der Waals surface area contributed by atoms with Gasteiger partial charge in [0.05, 0.1) is 6.61 Å². The Labute approximate surface area is 115 Å². The van der Waals surface area contributed by atoms with Crippen LogP contribution in [0.25, 0.3) is 0 Å². The zero-order chi connectivity index (χ0) is 14.4. The van der Waals surface area contributed by atoms with Gasteiger partial charge in [-0.15, -0.1) is 0 Å². The average Bonchev–Trinajstić information content (AvgIpc) is 2.39. The zero-order valence-corrected chi connectivity index (χ0v) is 12.5. The molecule has 0 aromatic heterocycles. The molecular formula is C15H24N2O2. The van der Waals surface area contributed by atoms with E-state index in [9.17, 15) is 4.79 Å². The third kappa shape index (κ3) is 3.96. The second-order valence-corrected chi connectivity index (χ2v) is 4.64. The first-order valence-corrected chi connectivity index (χ1v) is 6.66. The fourth-order valence-electron chi connectivity index (χ4n) is 1.98. The summed E-state index contributed by atoms with van der Waals surface area (Å²) in [6.07, 6.45) is 0.499. The van der Waals surface area contributed by atoms with Crippen LogP contribution in [0, 0.1) is 13.8 Å². The van der Waals surface area contributed by atoms with Gasteiger partial charge in [-0.2, -0.15) is 0 Å². The number of nitrogens with one attached hydrogen (secondary N) is 1. The normalized spacial score (nSPS) is 10.4. The van der Waals surface area contributed by atoms with Crippen molar-refractivity contribution in [2.24, 2.45) is 0 Å². The van der Waals surface area contributed by atoms with E-state index in [2.05, 4.69) is 5.32 Å². The van der Waals surface area contributed by atoms with Gasteiger partial charge in [-0.1, -0.05) is 0 Å². The van der Waals surface area contributed by atoms with Crippen molar-refractivity contribution < 1.29 is 9.53 Å². The maximum atomic E-state index is 12.0. The van der Waals surface area contributed by atoms with E-state index in [1.54, 1.807) is 4.90 Å². The van der Waals surface area contributed by atoms with Crippen LogP contribution in [-0.4, -0.2) is 33.2 Å². The van der Waals surface area contributed by atoms with Crippen LogP contribution < -0.4 is 15.0 Å². The Balaban J connectivity index is 2.94. The number of amides is 1. The summed E-state index contributed by atoms with van der Waals surface area (Å²) in [5.41, 5.74) is 3.05. The van der Waals surface area contributed by atoms with Crippen LogP contribution in [0.15, 0.2) is 12.1 Å². The monoisotopic (exact) mass is 264 g/mol. The molecule has 0 aliphatic rings. The Morgan fingerprint density at radius 2 is 2.00 bits per heavy atom. The molecule has 1 amide bonds. The number of hydrogen-bond donors (Lipinski definition) is 1. The Morgan fingerprint density at radius 3 is 2.58 bits per heavy atom. The molecule has 1 aromatic rings. The summed E-state index contributed by atoms with van der Waals surface area (Å²) >= 11 is 0. The first-order valence-electron chi connectivity index (χ1n) is 6.66. The van der Waals surface area contributed by atoms with Crippen LogP contribution in [0.4, 0.5) is 5.69 Å². The molecule has 0 aliphatic heterocycles. The molecule has 0 unspecified atom stereocenters. The maximum Gasteiger partial charge on any atom is 0.228 e. The van der Waals surface area contributed by atoms with E-state index in [-0.39, 0.29) is 5.91 Å². The van der Waals surface area contributed by atoms with Gasteiger partial charge < -0.3 is 15.0 Å². The fourth-order valence-corrected chi connectivity index (χ4v) is 1.98. The summed E-state index contributed by atoms with van der Waals surface area (Å²) in [4.78, 5) is 13.7. The highest BCUT2D eigenvalue weighted by Crippen LogP contribution is 2.28. The lowest BCUT2D eigenvalue weighted by Gasteiger charge is -2.21. The third-order valence-electron chi connectivity index (χ3n) is 3.12. The lowest BCUT2D eigenvalue weighted by molar-refractivity contribution is -0.118. The van der Waals surface area contributed by atoms with Crippen molar-refractivity contribution in [3.8, 4) is 5.75 Å². The molecule has 0 aliphatic carbocycles. The summed E-state index contributed by atoms with van der Waals surface area (Å²) in [6, 6.07) is 4.01. The van der Waals surface area contributed by atoms with Crippen LogP contribution in [0.5, 0.6) is 5.75 Å². The van der Waals surface area contributed by atoms with Gasteiger partial charge in [0.2, 0.25) is 5.91 Å². The molecule has 4 nitrogen and oxygen atoms in total. The molecule has 0 spiro atoms. The minimum absolute atomic E-state index is 0.112. The number of anilines is 1. The SMILES string of the molecule is CCOc1cc(C)c(N(C)C(=O)CCNC)cc1C. The summed E-state index contributed by atoms with van der Waals surface area (Å²) in [5.74, 6) is 1.00. The van der Waals surface area contributed by atoms with Crippen molar-refractivity contribution in [3.05, 3.63) is 23.3 Å². The minimum atomic E-state index is 0.112. The first-order chi connectivity index (χ1) is 9.01. The van der Waals surface area contributed by atoms with E-state index >= 15 is 0 Å². The van der Waals surface area contributed by atoms with Gasteiger partial charge in [-0.25, -0.2) is 0 Å². The summed E-state index contributed by atoms with van der Waals surface area (Å²) < 4.78 is 5.56. The van der Waals surface area contributed by atoms with E-state index in [0.717, 1.165) is 22.6 Å². The van der Waals surface area contributed by atoms with E-state index in [1.165, 1.54) is 0 Å². The number of ether oxygens (including phenoxy) is 1. The molecule has 0 bridgehead atoms. The quantitative estimate of drug-likeness (QED) is 0.857. The van der Waals surface area contributed by atoms with Crippen molar-refractivity contribution in [2.75, 3.05) is 32.1 Å². The number of carbonyl (C=O) groups excluding carboxylic acids is 1. The fraction of sp³-hybridized carbons (Fsp3) is 0.533. The van der Waals surface area contributed by atoms with Crippen LogP contribution in [0.1, 0.15) is 24.5 Å². The van der Waals surface area contributed by atoms with Crippen LogP contribution in [0.2, 0.25) is 0 Å². The highest BCUT2D eigenvalue weighted by Gasteiger charge is 2.14. The number of nitrogens with zero attached hydrogens (tertiary/aromatic N) is 1. The number of hydrogen-bond acceptors (Lipinski definition) is 3. The molecule has 19 heavy (non-hydrogen) atoms. The molecule has 4 heteroatoms. The molecule has 0 fully saturated rings. The van der Waals surface area contributed by atoms with Crippen LogP contribution in [0.3, 0.4) is 0 Å². The Morgan fingerprint density at radius 1 is 1.32 bits per heavy atom. The Kier molecular flexibility index (Phi) is 5.83. The molecule has 0 atom stereocenters. The van der Waals surface area contributed by atoms with Crippen molar-refractivity contribution in [1.29, 1.82) is 0 Å². The zero-order valence-electron chi connectivity index (χ0n) is 12.5. The Bertz CT molecular complexity index is 444. The van der Waals surface area contributed by atoms with Crippen molar-refractivity contribution in [2.45, 2.75) is 27.2 Å². The largest absolute Gasteiger partial charge is 0.494 e. The number of benzene rings is 1. The molecule has 0 radical (unpaired) electrons. The summed E-state index contributed by atoms with van der Waals surface area (Å²) in [6.45, 7) is 7.31. The first kappa shape index (κ1) is 15.5. The molecular weight excluding hydrogens is 240 g/mol. The van der Waals surface area contributed by atoms with Crippen molar-refractivity contribution in [3.63, 3.8) is 0 Å². The number of carbonyl (C=O) groups is 1.